The lowest BCUT2D eigenvalue weighted by atomic mass is 10.1. The molecule has 0 aliphatic heterocycles. The highest BCUT2D eigenvalue weighted by Crippen LogP contribution is 2.22. The van der Waals surface area contributed by atoms with E-state index < -0.39 is 17.3 Å². The molecule has 1 N–H and O–H groups in total. The van der Waals surface area contributed by atoms with Gasteiger partial charge in [-0.05, 0) is 29.7 Å². The summed E-state index contributed by atoms with van der Waals surface area (Å²) < 4.78 is 18.9. The SMILES string of the molecule is CCc1ccc(COc2cccc(F)c2C(=O)O)cc1. The molecule has 0 saturated heterocycles. The fraction of sp³-hybridized carbons (Fsp3) is 0.188. The zero-order valence-electron chi connectivity index (χ0n) is 11.1. The van der Waals surface area contributed by atoms with Crippen LogP contribution in [0.3, 0.4) is 0 Å². The summed E-state index contributed by atoms with van der Waals surface area (Å²) in [6.07, 6.45) is 0.953. The molecule has 2 aromatic carbocycles. The molecule has 2 rings (SSSR count). The van der Waals surface area contributed by atoms with Crippen LogP contribution in [0.4, 0.5) is 4.39 Å². The second kappa shape index (κ2) is 6.19. The highest BCUT2D eigenvalue weighted by Gasteiger charge is 2.16. The van der Waals surface area contributed by atoms with E-state index in [1.165, 1.54) is 17.7 Å². The fourth-order valence-corrected chi connectivity index (χ4v) is 1.86. The summed E-state index contributed by atoms with van der Waals surface area (Å²) in [4.78, 5) is 11.0. The van der Waals surface area contributed by atoms with Crippen molar-refractivity contribution in [1.82, 2.24) is 0 Å². The van der Waals surface area contributed by atoms with Crippen LogP contribution in [0, 0.1) is 5.82 Å². The molecule has 0 bridgehead atoms. The van der Waals surface area contributed by atoms with Gasteiger partial charge in [0.25, 0.3) is 0 Å². The fourth-order valence-electron chi connectivity index (χ4n) is 1.86. The third kappa shape index (κ3) is 3.15. The predicted octanol–water partition coefficient (Wildman–Crippen LogP) is 3.67. The first-order chi connectivity index (χ1) is 9.61. The summed E-state index contributed by atoms with van der Waals surface area (Å²) in [5.41, 5.74) is 1.69. The lowest BCUT2D eigenvalue weighted by Gasteiger charge is -2.10. The van der Waals surface area contributed by atoms with Crippen LogP contribution in [-0.2, 0) is 13.0 Å². The van der Waals surface area contributed by atoms with Crippen LogP contribution < -0.4 is 4.74 Å². The Balaban J connectivity index is 2.14. The number of aryl methyl sites for hydroxylation is 1. The highest BCUT2D eigenvalue weighted by molar-refractivity contribution is 5.91. The summed E-state index contributed by atoms with van der Waals surface area (Å²) in [6, 6.07) is 11.8. The van der Waals surface area contributed by atoms with Crippen LogP contribution in [0.1, 0.15) is 28.4 Å². The number of rotatable bonds is 5. The van der Waals surface area contributed by atoms with Crippen LogP contribution in [0.5, 0.6) is 5.75 Å². The van der Waals surface area contributed by atoms with Gasteiger partial charge in [0.05, 0.1) is 0 Å². The Kier molecular flexibility index (Phi) is 4.35. The maximum Gasteiger partial charge on any atom is 0.342 e. The third-order valence-electron chi connectivity index (χ3n) is 3.01. The van der Waals surface area contributed by atoms with E-state index in [1.54, 1.807) is 0 Å². The number of hydrogen-bond acceptors (Lipinski definition) is 2. The van der Waals surface area contributed by atoms with Gasteiger partial charge in [-0.1, -0.05) is 37.3 Å². The topological polar surface area (TPSA) is 46.5 Å². The number of halogens is 1. The van der Waals surface area contributed by atoms with Crippen LogP contribution in [0.2, 0.25) is 0 Å². The van der Waals surface area contributed by atoms with Crippen molar-refractivity contribution in [2.75, 3.05) is 0 Å². The van der Waals surface area contributed by atoms with E-state index >= 15 is 0 Å². The molecular formula is C16H15FO3. The second-order valence-corrected chi connectivity index (χ2v) is 4.38. The molecule has 0 saturated carbocycles. The monoisotopic (exact) mass is 274 g/mol. The first kappa shape index (κ1) is 14.1. The molecule has 0 spiro atoms. The standard InChI is InChI=1S/C16H15FO3/c1-2-11-6-8-12(9-7-11)10-20-14-5-3-4-13(17)15(14)16(18)19/h3-9H,2,10H2,1H3,(H,18,19). The Labute approximate surface area is 116 Å². The summed E-state index contributed by atoms with van der Waals surface area (Å²) >= 11 is 0. The van der Waals surface area contributed by atoms with Crippen molar-refractivity contribution in [2.24, 2.45) is 0 Å². The molecule has 0 aromatic heterocycles. The molecule has 0 fully saturated rings. The number of carbonyl (C=O) groups is 1. The quantitative estimate of drug-likeness (QED) is 0.905. The number of benzene rings is 2. The van der Waals surface area contributed by atoms with Gasteiger partial charge in [-0.3, -0.25) is 0 Å². The normalized spacial score (nSPS) is 10.3. The second-order valence-electron chi connectivity index (χ2n) is 4.38. The van der Waals surface area contributed by atoms with Crippen molar-refractivity contribution >= 4 is 5.97 Å². The van der Waals surface area contributed by atoms with Gasteiger partial charge in [0.1, 0.15) is 23.7 Å². The lowest BCUT2D eigenvalue weighted by Crippen LogP contribution is -2.06. The molecule has 0 unspecified atom stereocenters. The maximum absolute atomic E-state index is 13.5. The molecule has 4 heteroatoms. The minimum absolute atomic E-state index is 0.0390. The van der Waals surface area contributed by atoms with Crippen molar-refractivity contribution in [2.45, 2.75) is 20.0 Å². The Bertz CT molecular complexity index is 606. The molecule has 0 atom stereocenters. The van der Waals surface area contributed by atoms with Crippen molar-refractivity contribution in [3.8, 4) is 5.75 Å². The maximum atomic E-state index is 13.5. The van der Waals surface area contributed by atoms with Gasteiger partial charge in [-0.25, -0.2) is 9.18 Å². The van der Waals surface area contributed by atoms with Crippen LogP contribution in [0.25, 0.3) is 0 Å². The van der Waals surface area contributed by atoms with E-state index in [-0.39, 0.29) is 12.4 Å². The lowest BCUT2D eigenvalue weighted by molar-refractivity contribution is 0.0686. The summed E-state index contributed by atoms with van der Waals surface area (Å²) in [7, 11) is 0. The average Bonchev–Trinajstić information content (AvgIpc) is 2.45. The smallest absolute Gasteiger partial charge is 0.342 e. The highest BCUT2D eigenvalue weighted by atomic mass is 19.1. The van der Waals surface area contributed by atoms with Gasteiger partial charge in [0.2, 0.25) is 0 Å². The van der Waals surface area contributed by atoms with Crippen LogP contribution in [0.15, 0.2) is 42.5 Å². The van der Waals surface area contributed by atoms with E-state index in [1.807, 2.05) is 24.3 Å². The molecule has 0 amide bonds. The molecule has 2 aromatic rings. The summed E-state index contributed by atoms with van der Waals surface area (Å²) in [5, 5.41) is 8.99. The zero-order valence-corrected chi connectivity index (χ0v) is 11.1. The molecular weight excluding hydrogens is 259 g/mol. The van der Waals surface area contributed by atoms with Gasteiger partial charge in [0, 0.05) is 0 Å². The number of ether oxygens (including phenoxy) is 1. The Morgan fingerprint density at radius 3 is 2.40 bits per heavy atom. The van der Waals surface area contributed by atoms with E-state index in [0.717, 1.165) is 18.1 Å². The van der Waals surface area contributed by atoms with Gasteiger partial charge in [-0.2, -0.15) is 0 Å². The van der Waals surface area contributed by atoms with Crippen LogP contribution in [-0.4, -0.2) is 11.1 Å². The third-order valence-corrected chi connectivity index (χ3v) is 3.01. The molecule has 0 aliphatic carbocycles. The summed E-state index contributed by atoms with van der Waals surface area (Å²) in [6.45, 7) is 2.27. The summed E-state index contributed by atoms with van der Waals surface area (Å²) in [5.74, 6) is -2.09. The predicted molar refractivity (Wildman–Crippen MR) is 73.5 cm³/mol. The number of carboxylic acids is 1. The number of carboxylic acid groups (broad SMARTS) is 1. The van der Waals surface area contributed by atoms with Gasteiger partial charge in [-0.15, -0.1) is 0 Å². The van der Waals surface area contributed by atoms with E-state index in [0.29, 0.717) is 0 Å². The van der Waals surface area contributed by atoms with E-state index in [4.69, 9.17) is 9.84 Å². The zero-order chi connectivity index (χ0) is 14.5. The Morgan fingerprint density at radius 1 is 1.15 bits per heavy atom. The average molecular weight is 274 g/mol. The molecule has 0 radical (unpaired) electrons. The molecule has 3 nitrogen and oxygen atoms in total. The first-order valence-corrected chi connectivity index (χ1v) is 6.34. The van der Waals surface area contributed by atoms with Crippen LogP contribution >= 0.6 is 0 Å². The van der Waals surface area contributed by atoms with Gasteiger partial charge < -0.3 is 9.84 Å². The number of aromatic carboxylic acids is 1. The Morgan fingerprint density at radius 2 is 1.80 bits per heavy atom. The van der Waals surface area contributed by atoms with Gasteiger partial charge >= 0.3 is 5.97 Å². The van der Waals surface area contributed by atoms with Crippen molar-refractivity contribution in [1.29, 1.82) is 0 Å². The minimum atomic E-state index is -1.33. The Hall–Kier alpha value is -2.36. The molecule has 104 valence electrons. The molecule has 0 heterocycles. The minimum Gasteiger partial charge on any atom is -0.488 e. The van der Waals surface area contributed by atoms with Crippen molar-refractivity contribution in [3.05, 3.63) is 65.0 Å². The van der Waals surface area contributed by atoms with Gasteiger partial charge in [0.15, 0.2) is 0 Å². The number of hydrogen-bond donors (Lipinski definition) is 1. The van der Waals surface area contributed by atoms with Crippen molar-refractivity contribution < 1.29 is 19.0 Å². The van der Waals surface area contributed by atoms with E-state index in [9.17, 15) is 9.18 Å². The molecule has 0 aliphatic rings. The first-order valence-electron chi connectivity index (χ1n) is 6.34. The largest absolute Gasteiger partial charge is 0.488 e. The molecule has 20 heavy (non-hydrogen) atoms. The van der Waals surface area contributed by atoms with E-state index in [2.05, 4.69) is 6.92 Å². The van der Waals surface area contributed by atoms with Crippen molar-refractivity contribution in [3.63, 3.8) is 0 Å².